The van der Waals surface area contributed by atoms with Gasteiger partial charge in [-0.2, -0.15) is 0 Å². The Hall–Kier alpha value is -2.38. The molecule has 1 atom stereocenters. The van der Waals surface area contributed by atoms with Crippen LogP contribution in [0.25, 0.3) is 0 Å². The van der Waals surface area contributed by atoms with Crippen LogP contribution in [0.2, 0.25) is 5.02 Å². The van der Waals surface area contributed by atoms with Crippen LogP contribution >= 0.6 is 11.6 Å². The molecule has 1 aromatic carbocycles. The standard InChI is InChI=1S/C18H19ClFN3O3/c1-12(17(24)21-15-11-13(19)4-5-14(15)20)22-6-8-23(9-7-22)18(25)16-3-2-10-26-16/h2-5,10-12H,6-9H2,1H3,(H,21,24). The first-order chi connectivity index (χ1) is 12.5. The molecule has 1 fully saturated rings. The van der Waals surface area contributed by atoms with E-state index < -0.39 is 11.9 Å². The van der Waals surface area contributed by atoms with E-state index in [4.69, 9.17) is 16.0 Å². The second kappa shape index (κ2) is 7.88. The third kappa shape index (κ3) is 4.05. The third-order valence-corrected chi connectivity index (χ3v) is 4.68. The Bertz CT molecular complexity index is 789. The summed E-state index contributed by atoms with van der Waals surface area (Å²) < 4.78 is 18.9. The van der Waals surface area contributed by atoms with E-state index in [1.165, 1.54) is 24.5 Å². The molecule has 1 unspecified atom stereocenters. The van der Waals surface area contributed by atoms with Crippen LogP contribution in [0.1, 0.15) is 17.5 Å². The molecule has 26 heavy (non-hydrogen) atoms. The van der Waals surface area contributed by atoms with Crippen molar-refractivity contribution in [3.05, 3.63) is 53.2 Å². The minimum absolute atomic E-state index is 0.0565. The number of halogens is 2. The Morgan fingerprint density at radius 3 is 2.62 bits per heavy atom. The molecule has 3 rings (SSSR count). The topological polar surface area (TPSA) is 65.8 Å². The van der Waals surface area contributed by atoms with Crippen LogP contribution in [0.5, 0.6) is 0 Å². The van der Waals surface area contributed by atoms with Gasteiger partial charge >= 0.3 is 0 Å². The Kier molecular flexibility index (Phi) is 5.58. The van der Waals surface area contributed by atoms with E-state index in [0.29, 0.717) is 37.0 Å². The van der Waals surface area contributed by atoms with Crippen molar-refractivity contribution in [3.8, 4) is 0 Å². The van der Waals surface area contributed by atoms with E-state index in [-0.39, 0.29) is 17.5 Å². The van der Waals surface area contributed by atoms with Gasteiger partial charge in [0.05, 0.1) is 18.0 Å². The molecule has 0 bridgehead atoms. The largest absolute Gasteiger partial charge is 0.459 e. The van der Waals surface area contributed by atoms with Crippen LogP contribution < -0.4 is 5.32 Å². The molecule has 2 aromatic rings. The maximum absolute atomic E-state index is 13.8. The third-order valence-electron chi connectivity index (χ3n) is 4.45. The van der Waals surface area contributed by atoms with E-state index in [9.17, 15) is 14.0 Å². The van der Waals surface area contributed by atoms with Gasteiger partial charge in [-0.25, -0.2) is 4.39 Å². The highest BCUT2D eigenvalue weighted by molar-refractivity contribution is 6.30. The quantitative estimate of drug-likeness (QED) is 0.887. The van der Waals surface area contributed by atoms with E-state index in [1.54, 1.807) is 24.0 Å². The first-order valence-electron chi connectivity index (χ1n) is 8.28. The van der Waals surface area contributed by atoms with Gasteiger partial charge in [0.25, 0.3) is 5.91 Å². The second-order valence-corrected chi connectivity index (χ2v) is 6.53. The zero-order chi connectivity index (χ0) is 18.7. The summed E-state index contributed by atoms with van der Waals surface area (Å²) in [6.07, 6.45) is 1.46. The number of furan rings is 1. The van der Waals surface area contributed by atoms with Gasteiger partial charge in [-0.15, -0.1) is 0 Å². The minimum Gasteiger partial charge on any atom is -0.459 e. The van der Waals surface area contributed by atoms with Gasteiger partial charge in [-0.05, 0) is 37.3 Å². The molecule has 0 aliphatic carbocycles. The lowest BCUT2D eigenvalue weighted by molar-refractivity contribution is -0.121. The van der Waals surface area contributed by atoms with Crippen LogP contribution in [0.15, 0.2) is 41.0 Å². The van der Waals surface area contributed by atoms with Gasteiger partial charge in [0, 0.05) is 31.2 Å². The summed E-state index contributed by atoms with van der Waals surface area (Å²) in [6.45, 7) is 3.81. The molecular formula is C18H19ClFN3O3. The molecular weight excluding hydrogens is 361 g/mol. The molecule has 1 N–H and O–H groups in total. The number of rotatable bonds is 4. The van der Waals surface area contributed by atoms with Crippen molar-refractivity contribution >= 4 is 29.1 Å². The van der Waals surface area contributed by atoms with E-state index in [2.05, 4.69) is 5.32 Å². The molecule has 2 heterocycles. The van der Waals surface area contributed by atoms with Crippen LogP contribution in [0.3, 0.4) is 0 Å². The SMILES string of the molecule is CC(C(=O)Nc1cc(Cl)ccc1F)N1CCN(C(=O)c2ccco2)CC1. The molecule has 1 aliphatic rings. The average Bonchev–Trinajstić information content (AvgIpc) is 3.18. The highest BCUT2D eigenvalue weighted by Gasteiger charge is 2.29. The van der Waals surface area contributed by atoms with Crippen molar-refractivity contribution in [2.75, 3.05) is 31.5 Å². The Morgan fingerprint density at radius 1 is 1.23 bits per heavy atom. The zero-order valence-corrected chi connectivity index (χ0v) is 15.0. The molecule has 0 saturated carbocycles. The van der Waals surface area contributed by atoms with Crippen molar-refractivity contribution in [3.63, 3.8) is 0 Å². The molecule has 0 radical (unpaired) electrons. The van der Waals surface area contributed by atoms with Gasteiger partial charge in [0.1, 0.15) is 5.82 Å². The Morgan fingerprint density at radius 2 is 1.96 bits per heavy atom. The van der Waals surface area contributed by atoms with Gasteiger partial charge in [-0.1, -0.05) is 11.6 Å². The first-order valence-corrected chi connectivity index (χ1v) is 8.66. The average molecular weight is 380 g/mol. The van der Waals surface area contributed by atoms with Gasteiger partial charge in [0.2, 0.25) is 5.91 Å². The number of anilines is 1. The number of carbonyl (C=O) groups is 2. The lowest BCUT2D eigenvalue weighted by Gasteiger charge is -2.37. The van der Waals surface area contributed by atoms with Crippen molar-refractivity contribution < 1.29 is 18.4 Å². The fourth-order valence-corrected chi connectivity index (χ4v) is 3.04. The zero-order valence-electron chi connectivity index (χ0n) is 14.2. The predicted molar refractivity (Wildman–Crippen MR) is 95.7 cm³/mol. The monoisotopic (exact) mass is 379 g/mol. The lowest BCUT2D eigenvalue weighted by Crippen LogP contribution is -2.54. The van der Waals surface area contributed by atoms with Gasteiger partial charge < -0.3 is 14.6 Å². The summed E-state index contributed by atoms with van der Waals surface area (Å²) in [5, 5.41) is 2.92. The van der Waals surface area contributed by atoms with Crippen molar-refractivity contribution in [2.24, 2.45) is 0 Å². The van der Waals surface area contributed by atoms with E-state index in [0.717, 1.165) is 0 Å². The maximum Gasteiger partial charge on any atom is 0.289 e. The van der Waals surface area contributed by atoms with Crippen molar-refractivity contribution in [1.29, 1.82) is 0 Å². The second-order valence-electron chi connectivity index (χ2n) is 6.09. The summed E-state index contributed by atoms with van der Waals surface area (Å²) in [4.78, 5) is 28.3. The maximum atomic E-state index is 13.8. The normalized spacial score (nSPS) is 16.3. The summed E-state index contributed by atoms with van der Waals surface area (Å²) >= 11 is 5.84. The van der Waals surface area contributed by atoms with E-state index in [1.807, 2.05) is 4.90 Å². The number of nitrogens with one attached hydrogen (secondary N) is 1. The van der Waals surface area contributed by atoms with Crippen LogP contribution in [0, 0.1) is 5.82 Å². The number of piperazine rings is 1. The Labute approximate surface area is 155 Å². The summed E-state index contributed by atoms with van der Waals surface area (Å²) in [5.41, 5.74) is 0.0565. The molecule has 2 amide bonds. The summed E-state index contributed by atoms with van der Waals surface area (Å²) in [7, 11) is 0. The molecule has 1 aromatic heterocycles. The number of hydrogen-bond donors (Lipinski definition) is 1. The Balaban J connectivity index is 1.56. The summed E-state index contributed by atoms with van der Waals surface area (Å²) in [5.74, 6) is -0.714. The van der Waals surface area contributed by atoms with Crippen LogP contribution in [-0.4, -0.2) is 53.8 Å². The van der Waals surface area contributed by atoms with Crippen molar-refractivity contribution in [1.82, 2.24) is 9.80 Å². The highest BCUT2D eigenvalue weighted by atomic mass is 35.5. The predicted octanol–water partition coefficient (Wildman–Crippen LogP) is 2.86. The highest BCUT2D eigenvalue weighted by Crippen LogP contribution is 2.20. The number of amides is 2. The molecule has 8 heteroatoms. The minimum atomic E-state index is -0.538. The molecule has 6 nitrogen and oxygen atoms in total. The summed E-state index contributed by atoms with van der Waals surface area (Å²) in [6, 6.07) is 6.85. The molecule has 1 aliphatic heterocycles. The van der Waals surface area contributed by atoms with Gasteiger partial charge in [-0.3, -0.25) is 14.5 Å². The van der Waals surface area contributed by atoms with Crippen molar-refractivity contribution in [2.45, 2.75) is 13.0 Å². The molecule has 138 valence electrons. The van der Waals surface area contributed by atoms with Crippen LogP contribution in [-0.2, 0) is 4.79 Å². The lowest BCUT2D eigenvalue weighted by atomic mass is 10.2. The smallest absolute Gasteiger partial charge is 0.289 e. The molecule has 1 saturated heterocycles. The first kappa shape index (κ1) is 18.4. The number of benzene rings is 1. The fourth-order valence-electron chi connectivity index (χ4n) is 2.86. The molecule has 0 spiro atoms. The van der Waals surface area contributed by atoms with E-state index >= 15 is 0 Å². The number of carbonyl (C=O) groups excluding carboxylic acids is 2. The van der Waals surface area contributed by atoms with Crippen LogP contribution in [0.4, 0.5) is 10.1 Å². The fraction of sp³-hybridized carbons (Fsp3) is 0.333. The van der Waals surface area contributed by atoms with Gasteiger partial charge in [0.15, 0.2) is 5.76 Å². The number of nitrogens with zero attached hydrogens (tertiary/aromatic N) is 2. The number of hydrogen-bond acceptors (Lipinski definition) is 4.